The van der Waals surface area contributed by atoms with Crippen LogP contribution >= 0.6 is 30.4 Å². The predicted octanol–water partition coefficient (Wildman–Crippen LogP) is -1.16. The van der Waals surface area contributed by atoms with E-state index in [0.29, 0.717) is 0 Å². The van der Waals surface area contributed by atoms with Crippen molar-refractivity contribution in [1.82, 2.24) is 0 Å². The van der Waals surface area contributed by atoms with Gasteiger partial charge >= 0.3 is 56.6 Å². The molecule has 0 aromatic rings. The SMILES string of the molecule is CCOP(=O)(O)CS(=O)(=O)[O-].CCOP(=O)(O)CS(=O)(=O)[O-].CCOP(=O)(O)CS(=O)(=O)[O-].CCOP(=O)(O)CS(=O)(=O)[O-].[Zr+4]. The summed E-state index contributed by atoms with van der Waals surface area (Å²) in [6.07, 6.45) is 0. The Bertz CT molecular complexity index is 1250. The van der Waals surface area contributed by atoms with Gasteiger partial charge in [0.15, 0.2) is 0 Å². The fraction of sp³-hybridized carbons (Fsp3) is 1.00. The van der Waals surface area contributed by atoms with Gasteiger partial charge < -0.3 is 55.9 Å². The molecular weight excluding hydrogens is 871 g/mol. The summed E-state index contributed by atoms with van der Waals surface area (Å²) in [5.74, 6) is 0. The van der Waals surface area contributed by atoms with Crippen LogP contribution in [-0.4, -0.2) is 120 Å². The molecule has 45 heavy (non-hydrogen) atoms. The second-order valence-electron chi connectivity index (χ2n) is 6.97. The number of hydrogen-bond donors (Lipinski definition) is 4. The molecule has 0 radical (unpaired) electrons. The van der Waals surface area contributed by atoms with E-state index in [0.717, 1.165) is 0 Å². The Kier molecular flexibility index (Phi) is 29.0. The molecule has 0 aliphatic heterocycles. The summed E-state index contributed by atoms with van der Waals surface area (Å²) in [5, 5.41) is 0. The maximum atomic E-state index is 10.6. The molecule has 0 aromatic heterocycles. The molecule has 0 aliphatic rings. The van der Waals surface area contributed by atoms with Gasteiger partial charge in [-0.05, 0) is 27.7 Å². The molecule has 0 saturated carbocycles. The van der Waals surface area contributed by atoms with E-state index in [9.17, 15) is 70.1 Å². The molecule has 0 bridgehead atoms. The van der Waals surface area contributed by atoms with Gasteiger partial charge in [0.2, 0.25) is 0 Å². The van der Waals surface area contributed by atoms with Crippen molar-refractivity contribution in [3.63, 3.8) is 0 Å². The van der Waals surface area contributed by atoms with Crippen LogP contribution in [0.3, 0.4) is 0 Å². The van der Waals surface area contributed by atoms with Gasteiger partial charge in [0.05, 0.1) is 26.4 Å². The molecule has 0 aliphatic carbocycles. The van der Waals surface area contributed by atoms with Crippen molar-refractivity contribution < 1.29 is 134 Å². The van der Waals surface area contributed by atoms with E-state index in [1.165, 1.54) is 27.7 Å². The Balaban J connectivity index is -0.000000157. The second-order valence-corrected chi connectivity index (χ2v) is 21.7. The Morgan fingerprint density at radius 2 is 0.533 bits per heavy atom. The average molecular weight is 904 g/mol. The first-order chi connectivity index (χ1) is 19.1. The van der Waals surface area contributed by atoms with Crippen LogP contribution in [0, 0.1) is 0 Å². The van der Waals surface area contributed by atoms with Gasteiger partial charge in [0, 0.05) is 0 Å². The van der Waals surface area contributed by atoms with Crippen molar-refractivity contribution in [2.45, 2.75) is 27.7 Å². The Labute approximate surface area is 279 Å². The first-order valence-corrected chi connectivity index (χ1v) is 24.0. The summed E-state index contributed by atoms with van der Waals surface area (Å²) < 4.78 is 178. The molecule has 0 heterocycles. The zero-order valence-corrected chi connectivity index (χ0v) is 32.8. The van der Waals surface area contributed by atoms with E-state index >= 15 is 0 Å². The quantitative estimate of drug-likeness (QED) is 0.105. The third-order valence-corrected chi connectivity index (χ3v) is 15.5. The van der Waals surface area contributed by atoms with Crippen LogP contribution in [0.1, 0.15) is 27.7 Å². The van der Waals surface area contributed by atoms with Crippen LogP contribution < -0.4 is 0 Å². The van der Waals surface area contributed by atoms with Crippen molar-refractivity contribution >= 4 is 70.9 Å². The topological polar surface area (TPSA) is 415 Å². The van der Waals surface area contributed by atoms with Gasteiger partial charge in [-0.3, -0.25) is 18.3 Å². The standard InChI is InChI=1S/4C3H9O6PS.Zr/c4*1-2-9-10(4,5)3-11(6,7)8;/h4*2-3H2,1H3,(H,4,5)(H,6,7,8);/q;;;;+4/p-4. The van der Waals surface area contributed by atoms with Crippen LogP contribution in [0.15, 0.2) is 0 Å². The molecule has 4 unspecified atom stereocenters. The first-order valence-electron chi connectivity index (χ1n) is 10.7. The molecule has 0 aromatic carbocycles. The van der Waals surface area contributed by atoms with Crippen molar-refractivity contribution in [2.75, 3.05) is 48.4 Å². The molecule has 33 heteroatoms. The Morgan fingerprint density at radius 3 is 0.600 bits per heavy atom. The van der Waals surface area contributed by atoms with E-state index in [2.05, 4.69) is 18.1 Å². The minimum absolute atomic E-state index is 0. The summed E-state index contributed by atoms with van der Waals surface area (Å²) in [6.45, 7) is 5.24. The van der Waals surface area contributed by atoms with Crippen molar-refractivity contribution in [3.05, 3.63) is 0 Å². The monoisotopic (exact) mass is 902 g/mol. The molecule has 0 fully saturated rings. The number of rotatable bonds is 16. The normalized spacial score (nSPS) is 17.3. The molecule has 0 spiro atoms. The van der Waals surface area contributed by atoms with Gasteiger partial charge in [-0.15, -0.1) is 0 Å². The maximum Gasteiger partial charge on any atom is 4.00 e. The van der Waals surface area contributed by atoms with Gasteiger partial charge in [-0.25, -0.2) is 33.7 Å². The minimum atomic E-state index is -4.69. The van der Waals surface area contributed by atoms with Crippen molar-refractivity contribution in [2.24, 2.45) is 0 Å². The third-order valence-electron chi connectivity index (χ3n) is 2.61. The van der Waals surface area contributed by atoms with Crippen LogP contribution in [0.2, 0.25) is 0 Å². The maximum absolute atomic E-state index is 10.6. The van der Waals surface area contributed by atoms with Crippen LogP contribution in [0.4, 0.5) is 0 Å². The zero-order valence-electron chi connectivity index (χ0n) is 23.5. The van der Waals surface area contributed by atoms with Gasteiger partial charge in [-0.1, -0.05) is 0 Å². The molecule has 0 saturated heterocycles. The fourth-order valence-corrected chi connectivity index (χ4v) is 11.0. The van der Waals surface area contributed by atoms with E-state index in [1.807, 2.05) is 0 Å². The summed E-state index contributed by atoms with van der Waals surface area (Å²) >= 11 is 0. The Morgan fingerprint density at radius 1 is 0.422 bits per heavy atom. The molecule has 0 rings (SSSR count). The average Bonchev–Trinajstić information content (AvgIpc) is 2.61. The van der Waals surface area contributed by atoms with Crippen LogP contribution in [-0.2, 0) is 103 Å². The van der Waals surface area contributed by atoms with Crippen LogP contribution in [0.5, 0.6) is 0 Å². The summed E-state index contributed by atoms with van der Waals surface area (Å²) in [5.41, 5.74) is -5.47. The zero-order chi connectivity index (χ0) is 36.5. The van der Waals surface area contributed by atoms with E-state index in [1.54, 1.807) is 0 Å². The Hall–Kier alpha value is 1.12. The smallest absolute Gasteiger partial charge is 0.747 e. The predicted molar refractivity (Wildman–Crippen MR) is 144 cm³/mol. The first kappa shape index (κ1) is 55.5. The summed E-state index contributed by atoms with van der Waals surface area (Å²) in [7, 11) is -35.6. The van der Waals surface area contributed by atoms with Crippen molar-refractivity contribution in [3.8, 4) is 0 Å². The molecule has 24 nitrogen and oxygen atoms in total. The van der Waals surface area contributed by atoms with Gasteiger partial charge in [0.25, 0.3) is 0 Å². The largest absolute Gasteiger partial charge is 4.00 e. The number of hydrogen-bond acceptors (Lipinski definition) is 20. The third kappa shape index (κ3) is 49.6. The molecule has 4 N–H and O–H groups in total. The fourth-order valence-electron chi connectivity index (χ4n) is 1.76. The van der Waals surface area contributed by atoms with E-state index in [4.69, 9.17) is 19.6 Å². The van der Waals surface area contributed by atoms with Gasteiger partial charge in [0.1, 0.15) is 62.4 Å². The molecular formula is C12H32O24P4S4Zr. The van der Waals surface area contributed by atoms with E-state index in [-0.39, 0.29) is 52.6 Å². The van der Waals surface area contributed by atoms with Gasteiger partial charge in [-0.2, -0.15) is 0 Å². The minimum Gasteiger partial charge on any atom is -0.747 e. The second kappa shape index (κ2) is 23.5. The van der Waals surface area contributed by atoms with Crippen LogP contribution in [0.25, 0.3) is 0 Å². The van der Waals surface area contributed by atoms with Crippen molar-refractivity contribution in [1.29, 1.82) is 0 Å². The molecule has 0 amide bonds. The summed E-state index contributed by atoms with van der Waals surface area (Å²) in [6, 6.07) is 0. The molecule has 4 atom stereocenters. The van der Waals surface area contributed by atoms with E-state index < -0.39 is 92.8 Å². The molecule has 272 valence electrons. The summed E-state index contributed by atoms with van der Waals surface area (Å²) in [4.78, 5) is 34.4.